The van der Waals surface area contributed by atoms with Gasteiger partial charge in [-0.2, -0.15) is 0 Å². The van der Waals surface area contributed by atoms with Crippen LogP contribution >= 0.6 is 15.9 Å². The lowest BCUT2D eigenvalue weighted by Crippen LogP contribution is -2.14. The first-order valence-electron chi connectivity index (χ1n) is 5.84. The lowest BCUT2D eigenvalue weighted by Gasteiger charge is -2.15. The van der Waals surface area contributed by atoms with Gasteiger partial charge >= 0.3 is 0 Å². The molecule has 2 rings (SSSR count). The Balaban J connectivity index is 2.00. The van der Waals surface area contributed by atoms with Crippen LogP contribution in [0.3, 0.4) is 0 Å². The SMILES string of the molecule is OCC(COc1cccc(Br)c1)c1ccccc1. The molecular weight excluding hydrogens is 292 g/mol. The number of hydrogen-bond acceptors (Lipinski definition) is 2. The number of hydrogen-bond donors (Lipinski definition) is 1. The van der Waals surface area contributed by atoms with Crippen LogP contribution in [-0.2, 0) is 0 Å². The van der Waals surface area contributed by atoms with Gasteiger partial charge in [-0.1, -0.05) is 52.3 Å². The Morgan fingerprint density at radius 2 is 1.83 bits per heavy atom. The highest BCUT2D eigenvalue weighted by Gasteiger charge is 2.10. The van der Waals surface area contributed by atoms with Crippen LogP contribution in [-0.4, -0.2) is 18.3 Å². The Labute approximate surface area is 115 Å². The summed E-state index contributed by atoms with van der Waals surface area (Å²) in [6.45, 7) is 0.551. The summed E-state index contributed by atoms with van der Waals surface area (Å²) in [5.41, 5.74) is 1.09. The first-order chi connectivity index (χ1) is 8.79. The molecule has 18 heavy (non-hydrogen) atoms. The lowest BCUT2D eigenvalue weighted by molar-refractivity contribution is 0.205. The maximum absolute atomic E-state index is 9.42. The smallest absolute Gasteiger partial charge is 0.120 e. The van der Waals surface area contributed by atoms with Crippen LogP contribution in [0.5, 0.6) is 5.75 Å². The van der Waals surface area contributed by atoms with Crippen molar-refractivity contribution in [2.75, 3.05) is 13.2 Å². The van der Waals surface area contributed by atoms with Gasteiger partial charge in [0.1, 0.15) is 5.75 Å². The minimum Gasteiger partial charge on any atom is -0.493 e. The molecule has 0 spiro atoms. The zero-order chi connectivity index (χ0) is 12.8. The van der Waals surface area contributed by atoms with Gasteiger partial charge in [0.15, 0.2) is 0 Å². The predicted octanol–water partition coefficient (Wildman–Crippen LogP) is 3.60. The minimum absolute atomic E-state index is 0.00480. The maximum atomic E-state index is 9.42. The van der Waals surface area contributed by atoms with Crippen LogP contribution in [0, 0.1) is 0 Å². The van der Waals surface area contributed by atoms with E-state index in [4.69, 9.17) is 4.74 Å². The van der Waals surface area contributed by atoms with E-state index in [0.717, 1.165) is 15.8 Å². The fourth-order valence-electron chi connectivity index (χ4n) is 1.73. The first-order valence-corrected chi connectivity index (χ1v) is 6.63. The Kier molecular flexibility index (Phi) is 4.79. The molecule has 2 nitrogen and oxygen atoms in total. The minimum atomic E-state index is 0.00480. The molecule has 2 aromatic carbocycles. The highest BCUT2D eigenvalue weighted by Crippen LogP contribution is 2.21. The molecule has 2 aromatic rings. The van der Waals surface area contributed by atoms with Crippen molar-refractivity contribution in [1.82, 2.24) is 0 Å². The lowest BCUT2D eigenvalue weighted by atomic mass is 10.0. The quantitative estimate of drug-likeness (QED) is 0.914. The van der Waals surface area contributed by atoms with Gasteiger partial charge in [0, 0.05) is 10.4 Å². The molecule has 0 aliphatic rings. The summed E-state index contributed by atoms with van der Waals surface area (Å²) >= 11 is 3.40. The molecule has 0 fully saturated rings. The van der Waals surface area contributed by atoms with Crippen LogP contribution < -0.4 is 4.74 Å². The molecule has 1 N–H and O–H groups in total. The summed E-state index contributed by atoms with van der Waals surface area (Å²) in [5, 5.41) is 9.42. The Morgan fingerprint density at radius 1 is 1.06 bits per heavy atom. The highest BCUT2D eigenvalue weighted by atomic mass is 79.9. The molecule has 0 heterocycles. The maximum Gasteiger partial charge on any atom is 0.120 e. The fourth-order valence-corrected chi connectivity index (χ4v) is 2.11. The number of aliphatic hydroxyl groups excluding tert-OH is 1. The van der Waals surface area contributed by atoms with Crippen LogP contribution in [0.1, 0.15) is 11.5 Å². The van der Waals surface area contributed by atoms with Gasteiger partial charge in [0.25, 0.3) is 0 Å². The average Bonchev–Trinajstić information content (AvgIpc) is 2.41. The van der Waals surface area contributed by atoms with Crippen LogP contribution in [0.4, 0.5) is 0 Å². The van der Waals surface area contributed by atoms with Gasteiger partial charge in [-0.05, 0) is 23.8 Å². The monoisotopic (exact) mass is 306 g/mol. The number of rotatable bonds is 5. The zero-order valence-electron chi connectivity index (χ0n) is 9.92. The van der Waals surface area contributed by atoms with Crippen molar-refractivity contribution in [2.45, 2.75) is 5.92 Å². The van der Waals surface area contributed by atoms with Crippen LogP contribution in [0.15, 0.2) is 59.1 Å². The topological polar surface area (TPSA) is 29.5 Å². The molecule has 0 radical (unpaired) electrons. The van der Waals surface area contributed by atoms with Gasteiger partial charge in [-0.15, -0.1) is 0 Å². The highest BCUT2D eigenvalue weighted by molar-refractivity contribution is 9.10. The van der Waals surface area contributed by atoms with Crippen LogP contribution in [0.25, 0.3) is 0 Å². The normalized spacial score (nSPS) is 12.1. The Hall–Kier alpha value is -1.32. The van der Waals surface area contributed by atoms with Crippen molar-refractivity contribution in [3.63, 3.8) is 0 Å². The molecule has 3 heteroatoms. The molecule has 0 amide bonds. The van der Waals surface area contributed by atoms with E-state index in [-0.39, 0.29) is 12.5 Å². The predicted molar refractivity (Wildman–Crippen MR) is 75.9 cm³/mol. The Morgan fingerprint density at radius 3 is 2.50 bits per heavy atom. The zero-order valence-corrected chi connectivity index (χ0v) is 11.5. The van der Waals surface area contributed by atoms with Crippen LogP contribution in [0.2, 0.25) is 0 Å². The summed E-state index contributed by atoms with van der Waals surface area (Å²) in [6.07, 6.45) is 0. The van der Waals surface area contributed by atoms with Crippen molar-refractivity contribution >= 4 is 15.9 Å². The molecule has 0 saturated carbocycles. The molecule has 0 bridgehead atoms. The average molecular weight is 307 g/mol. The van der Waals surface area contributed by atoms with E-state index >= 15 is 0 Å². The van der Waals surface area contributed by atoms with Gasteiger partial charge in [-0.25, -0.2) is 0 Å². The van der Waals surface area contributed by atoms with Crippen molar-refractivity contribution in [1.29, 1.82) is 0 Å². The van der Waals surface area contributed by atoms with Gasteiger partial charge in [0.05, 0.1) is 13.2 Å². The third kappa shape index (κ3) is 3.59. The molecule has 1 unspecified atom stereocenters. The third-order valence-corrected chi connectivity index (χ3v) is 3.23. The number of halogens is 1. The van der Waals surface area contributed by atoms with Gasteiger partial charge in [-0.3, -0.25) is 0 Å². The number of ether oxygens (including phenoxy) is 1. The van der Waals surface area contributed by atoms with E-state index in [1.807, 2.05) is 54.6 Å². The van der Waals surface area contributed by atoms with E-state index in [2.05, 4.69) is 15.9 Å². The van der Waals surface area contributed by atoms with Crippen molar-refractivity contribution in [3.8, 4) is 5.75 Å². The summed E-state index contributed by atoms with van der Waals surface area (Å²) in [4.78, 5) is 0. The van der Waals surface area contributed by atoms with Crippen molar-refractivity contribution < 1.29 is 9.84 Å². The number of aliphatic hydroxyl groups is 1. The second-order valence-corrected chi connectivity index (χ2v) is 4.97. The molecule has 0 aromatic heterocycles. The van der Waals surface area contributed by atoms with E-state index in [1.165, 1.54) is 0 Å². The first kappa shape index (κ1) is 13.1. The second-order valence-electron chi connectivity index (χ2n) is 4.06. The van der Waals surface area contributed by atoms with E-state index in [9.17, 15) is 5.11 Å². The summed E-state index contributed by atoms with van der Waals surface area (Å²) < 4.78 is 6.69. The third-order valence-electron chi connectivity index (χ3n) is 2.74. The fraction of sp³-hybridized carbons (Fsp3) is 0.200. The summed E-state index contributed by atoms with van der Waals surface area (Å²) in [7, 11) is 0. The molecule has 0 saturated heterocycles. The van der Waals surface area contributed by atoms with E-state index in [0.29, 0.717) is 6.61 Å². The largest absolute Gasteiger partial charge is 0.493 e. The molecule has 0 aliphatic heterocycles. The summed E-state index contributed by atoms with van der Waals surface area (Å²) in [6, 6.07) is 17.6. The van der Waals surface area contributed by atoms with Gasteiger partial charge < -0.3 is 9.84 Å². The number of benzene rings is 2. The summed E-state index contributed by atoms with van der Waals surface area (Å²) in [5.74, 6) is 0.809. The van der Waals surface area contributed by atoms with Crippen molar-refractivity contribution in [2.24, 2.45) is 0 Å². The molecular formula is C15H15BrO2. The van der Waals surface area contributed by atoms with Crippen molar-refractivity contribution in [3.05, 3.63) is 64.6 Å². The molecule has 1 atom stereocenters. The van der Waals surface area contributed by atoms with E-state index in [1.54, 1.807) is 0 Å². The van der Waals surface area contributed by atoms with Gasteiger partial charge in [0.2, 0.25) is 0 Å². The van der Waals surface area contributed by atoms with E-state index < -0.39 is 0 Å². The second kappa shape index (κ2) is 6.57. The standard InChI is InChI=1S/C15H15BrO2/c16-14-7-4-8-15(9-14)18-11-13(10-17)12-5-2-1-3-6-12/h1-9,13,17H,10-11H2. The molecule has 94 valence electrons. The molecule has 0 aliphatic carbocycles. The Bertz CT molecular complexity index is 485.